The molecule has 4 heteroatoms. The van der Waals surface area contributed by atoms with Crippen LogP contribution >= 0.6 is 0 Å². The molecular weight excluding hydrogens is 234 g/mol. The molecule has 0 aliphatic heterocycles. The minimum Gasteiger partial charge on any atom is -0.207 e. The van der Waals surface area contributed by atoms with Crippen molar-refractivity contribution in [3.05, 3.63) is 29.8 Å². The predicted octanol–water partition coefficient (Wildman–Crippen LogP) is 3.05. The number of hydrogen-bond donors (Lipinski definition) is 0. The minimum atomic E-state index is -3.29. The van der Waals surface area contributed by atoms with E-state index in [1.54, 1.807) is 18.2 Å². The number of aryl methyl sites for hydroxylation is 1. The van der Waals surface area contributed by atoms with E-state index in [9.17, 15) is 8.42 Å². The molecule has 0 radical (unpaired) electrons. The zero-order valence-corrected chi connectivity index (χ0v) is 12.2. The second kappa shape index (κ2) is 7.45. The van der Waals surface area contributed by atoms with Crippen LogP contribution in [0.2, 0.25) is 0 Å². The van der Waals surface area contributed by atoms with Gasteiger partial charge in [0.15, 0.2) is 0 Å². The Morgan fingerprint density at radius 2 is 1.65 bits per heavy atom. The van der Waals surface area contributed by atoms with E-state index in [1.807, 2.05) is 40.7 Å². The normalized spacial score (nSPS) is 10.9. The molecule has 0 N–H and O–H groups in total. The molecule has 0 amide bonds. The van der Waals surface area contributed by atoms with Crippen molar-refractivity contribution in [1.82, 2.24) is 4.31 Å². The van der Waals surface area contributed by atoms with Gasteiger partial charge in [-0.2, -0.15) is 4.31 Å². The highest BCUT2D eigenvalue weighted by Gasteiger charge is 2.20. The third-order valence-electron chi connectivity index (χ3n) is 2.33. The van der Waals surface area contributed by atoms with Crippen molar-refractivity contribution in [2.24, 2.45) is 0 Å². The molecule has 3 nitrogen and oxygen atoms in total. The molecule has 0 fully saturated rings. The average Bonchev–Trinajstić information content (AvgIpc) is 2.33. The Balaban J connectivity index is 0.00000121. The van der Waals surface area contributed by atoms with E-state index in [0.29, 0.717) is 18.0 Å². The highest BCUT2D eigenvalue weighted by atomic mass is 32.2. The summed E-state index contributed by atoms with van der Waals surface area (Å²) < 4.78 is 25.6. The molecular formula is C13H23NO2S. The first-order valence-corrected chi connectivity index (χ1v) is 7.53. The molecule has 0 spiro atoms. The smallest absolute Gasteiger partial charge is 0.207 e. The second-order valence-corrected chi connectivity index (χ2v) is 5.34. The largest absolute Gasteiger partial charge is 0.243 e. The number of sulfonamides is 1. The van der Waals surface area contributed by atoms with Gasteiger partial charge in [-0.1, -0.05) is 39.8 Å². The SMILES string of the molecule is CC.CCN(CC)S(=O)(=O)c1cccc(C)c1. The Bertz CT molecular complexity index is 423. The maximum Gasteiger partial charge on any atom is 0.243 e. The minimum absolute atomic E-state index is 0.381. The first kappa shape index (κ1) is 16.1. The summed E-state index contributed by atoms with van der Waals surface area (Å²) in [5, 5.41) is 0. The van der Waals surface area contributed by atoms with Crippen LogP contribution in [0, 0.1) is 6.92 Å². The van der Waals surface area contributed by atoms with E-state index in [-0.39, 0.29) is 0 Å². The van der Waals surface area contributed by atoms with Gasteiger partial charge in [-0.05, 0) is 24.6 Å². The summed E-state index contributed by atoms with van der Waals surface area (Å²) in [6, 6.07) is 7.00. The zero-order valence-electron chi connectivity index (χ0n) is 11.4. The monoisotopic (exact) mass is 257 g/mol. The molecule has 0 aliphatic carbocycles. The van der Waals surface area contributed by atoms with E-state index in [1.165, 1.54) is 4.31 Å². The van der Waals surface area contributed by atoms with Gasteiger partial charge in [0.1, 0.15) is 0 Å². The first-order chi connectivity index (χ1) is 8.02. The average molecular weight is 257 g/mol. The van der Waals surface area contributed by atoms with Crippen LogP contribution in [0.5, 0.6) is 0 Å². The Labute approximate surface area is 106 Å². The molecule has 0 aliphatic rings. The zero-order chi connectivity index (χ0) is 13.5. The number of rotatable bonds is 4. The molecule has 17 heavy (non-hydrogen) atoms. The highest BCUT2D eigenvalue weighted by Crippen LogP contribution is 2.16. The van der Waals surface area contributed by atoms with Crippen molar-refractivity contribution in [2.75, 3.05) is 13.1 Å². The van der Waals surface area contributed by atoms with Gasteiger partial charge in [0, 0.05) is 13.1 Å². The summed E-state index contributed by atoms with van der Waals surface area (Å²) in [6.45, 7) is 10.6. The third kappa shape index (κ3) is 4.13. The summed E-state index contributed by atoms with van der Waals surface area (Å²) in [7, 11) is -3.29. The van der Waals surface area contributed by atoms with Crippen molar-refractivity contribution < 1.29 is 8.42 Å². The summed E-state index contributed by atoms with van der Waals surface area (Å²) in [5.74, 6) is 0. The van der Waals surface area contributed by atoms with Crippen LogP contribution in [0.1, 0.15) is 33.3 Å². The first-order valence-electron chi connectivity index (χ1n) is 6.09. The van der Waals surface area contributed by atoms with Gasteiger partial charge in [0.25, 0.3) is 0 Å². The summed E-state index contributed by atoms with van der Waals surface area (Å²) in [4.78, 5) is 0.381. The quantitative estimate of drug-likeness (QED) is 0.831. The molecule has 1 aromatic carbocycles. The summed E-state index contributed by atoms with van der Waals surface area (Å²) in [5.41, 5.74) is 0.961. The number of benzene rings is 1. The van der Waals surface area contributed by atoms with Crippen LogP contribution < -0.4 is 0 Å². The fraction of sp³-hybridized carbons (Fsp3) is 0.538. The van der Waals surface area contributed by atoms with E-state index < -0.39 is 10.0 Å². The molecule has 0 atom stereocenters. The standard InChI is InChI=1S/C11H17NO2S.C2H6/c1-4-12(5-2)15(13,14)11-8-6-7-10(3)9-11;1-2/h6-9H,4-5H2,1-3H3;1-2H3. The van der Waals surface area contributed by atoms with Crippen LogP contribution in [0.15, 0.2) is 29.2 Å². The fourth-order valence-electron chi connectivity index (χ4n) is 1.49. The Hall–Kier alpha value is -0.870. The Morgan fingerprint density at radius 3 is 2.06 bits per heavy atom. The van der Waals surface area contributed by atoms with Gasteiger partial charge >= 0.3 is 0 Å². The van der Waals surface area contributed by atoms with Crippen molar-refractivity contribution in [3.63, 3.8) is 0 Å². The summed E-state index contributed by atoms with van der Waals surface area (Å²) in [6.07, 6.45) is 0. The fourth-order valence-corrected chi connectivity index (χ4v) is 3.05. The van der Waals surface area contributed by atoms with Crippen LogP contribution in [0.3, 0.4) is 0 Å². The maximum absolute atomic E-state index is 12.1. The topological polar surface area (TPSA) is 37.4 Å². The maximum atomic E-state index is 12.1. The predicted molar refractivity (Wildman–Crippen MR) is 72.6 cm³/mol. The van der Waals surface area contributed by atoms with Crippen LogP contribution in [-0.2, 0) is 10.0 Å². The second-order valence-electron chi connectivity index (χ2n) is 3.41. The van der Waals surface area contributed by atoms with E-state index >= 15 is 0 Å². The molecule has 0 heterocycles. The van der Waals surface area contributed by atoms with Crippen molar-refractivity contribution in [2.45, 2.75) is 39.5 Å². The van der Waals surface area contributed by atoms with Gasteiger partial charge in [0.2, 0.25) is 10.0 Å². The van der Waals surface area contributed by atoms with Crippen LogP contribution in [0.4, 0.5) is 0 Å². The van der Waals surface area contributed by atoms with Gasteiger partial charge < -0.3 is 0 Å². The molecule has 1 rings (SSSR count). The molecule has 98 valence electrons. The lowest BCUT2D eigenvalue weighted by molar-refractivity contribution is 0.445. The van der Waals surface area contributed by atoms with Gasteiger partial charge in [0.05, 0.1) is 4.90 Å². The number of hydrogen-bond acceptors (Lipinski definition) is 2. The van der Waals surface area contributed by atoms with E-state index in [0.717, 1.165) is 5.56 Å². The van der Waals surface area contributed by atoms with E-state index in [4.69, 9.17) is 0 Å². The molecule has 0 unspecified atom stereocenters. The van der Waals surface area contributed by atoms with E-state index in [2.05, 4.69) is 0 Å². The lowest BCUT2D eigenvalue weighted by Gasteiger charge is -2.18. The lowest BCUT2D eigenvalue weighted by atomic mass is 10.2. The summed E-state index contributed by atoms with van der Waals surface area (Å²) >= 11 is 0. The lowest BCUT2D eigenvalue weighted by Crippen LogP contribution is -2.30. The van der Waals surface area contributed by atoms with Gasteiger partial charge in [-0.15, -0.1) is 0 Å². The van der Waals surface area contributed by atoms with Crippen molar-refractivity contribution >= 4 is 10.0 Å². The molecule has 0 bridgehead atoms. The van der Waals surface area contributed by atoms with Crippen molar-refractivity contribution in [3.8, 4) is 0 Å². The Morgan fingerprint density at radius 1 is 1.12 bits per heavy atom. The van der Waals surface area contributed by atoms with Gasteiger partial charge in [-0.3, -0.25) is 0 Å². The van der Waals surface area contributed by atoms with Crippen molar-refractivity contribution in [1.29, 1.82) is 0 Å². The molecule has 0 saturated heterocycles. The molecule has 1 aromatic rings. The highest BCUT2D eigenvalue weighted by molar-refractivity contribution is 7.89. The van der Waals surface area contributed by atoms with Crippen LogP contribution in [-0.4, -0.2) is 25.8 Å². The molecule has 0 saturated carbocycles. The van der Waals surface area contributed by atoms with Gasteiger partial charge in [-0.25, -0.2) is 8.42 Å². The number of nitrogens with zero attached hydrogens (tertiary/aromatic N) is 1. The third-order valence-corrected chi connectivity index (χ3v) is 4.38. The molecule has 0 aromatic heterocycles. The Kier molecular flexibility index (Phi) is 7.07. The van der Waals surface area contributed by atoms with Crippen LogP contribution in [0.25, 0.3) is 0 Å².